The monoisotopic (exact) mass is 308 g/mol. The molecule has 0 saturated heterocycles. The molecule has 0 heterocycles. The predicted molar refractivity (Wildman–Crippen MR) is 69.1 cm³/mol. The second-order valence-corrected chi connectivity index (χ2v) is 5.71. The minimum atomic E-state index is -4.13. The fourth-order valence-electron chi connectivity index (χ4n) is 1.21. The van der Waals surface area contributed by atoms with Crippen LogP contribution in [0, 0.1) is 6.92 Å². The molecule has 0 amide bonds. The minimum absolute atomic E-state index is 0.353. The second-order valence-electron chi connectivity index (χ2n) is 3.71. The van der Waals surface area contributed by atoms with E-state index in [0.717, 1.165) is 5.56 Å². The van der Waals surface area contributed by atoms with Crippen LogP contribution in [0.4, 0.5) is 0 Å². The van der Waals surface area contributed by atoms with E-state index in [1.54, 1.807) is 25.1 Å². The van der Waals surface area contributed by atoms with Crippen LogP contribution in [0.25, 0.3) is 0 Å². The van der Waals surface area contributed by atoms with Crippen LogP contribution < -0.4 is 4.74 Å². The van der Waals surface area contributed by atoms with Gasteiger partial charge in [0.25, 0.3) is 10.1 Å². The summed E-state index contributed by atoms with van der Waals surface area (Å²) in [7, 11) is -4.13. The summed E-state index contributed by atoms with van der Waals surface area (Å²) >= 11 is 5.76. The zero-order valence-corrected chi connectivity index (χ0v) is 11.7. The topological polar surface area (TPSA) is 89.9 Å². The molecule has 106 valence electrons. The first-order valence-corrected chi connectivity index (χ1v) is 7.26. The fourth-order valence-corrected chi connectivity index (χ4v) is 1.73. The van der Waals surface area contributed by atoms with Crippen molar-refractivity contribution in [1.82, 2.24) is 0 Å². The lowest BCUT2D eigenvalue weighted by Crippen LogP contribution is -2.19. The number of hydrogen-bond acceptors (Lipinski definition) is 5. The van der Waals surface area contributed by atoms with Gasteiger partial charge in [-0.1, -0.05) is 11.6 Å². The molecule has 1 rings (SSSR count). The Balaban J connectivity index is 2.38. The number of esters is 1. The number of halogens is 1. The SMILES string of the molecule is Cc1cc(Cl)ccc1OCC(=O)OCCS(=O)(=O)O. The molecule has 0 spiro atoms. The highest BCUT2D eigenvalue weighted by atomic mass is 35.5. The predicted octanol–water partition coefficient (Wildman–Crippen LogP) is 1.46. The summed E-state index contributed by atoms with van der Waals surface area (Å²) in [5.74, 6) is -0.882. The van der Waals surface area contributed by atoms with Crippen LogP contribution in [0.3, 0.4) is 0 Å². The summed E-state index contributed by atoms with van der Waals surface area (Å²) in [5, 5.41) is 0.556. The molecule has 8 heteroatoms. The van der Waals surface area contributed by atoms with Gasteiger partial charge in [0.1, 0.15) is 18.1 Å². The van der Waals surface area contributed by atoms with E-state index in [2.05, 4.69) is 4.74 Å². The maximum absolute atomic E-state index is 11.2. The third-order valence-electron chi connectivity index (χ3n) is 2.09. The van der Waals surface area contributed by atoms with Gasteiger partial charge in [-0.3, -0.25) is 4.55 Å². The van der Waals surface area contributed by atoms with Gasteiger partial charge >= 0.3 is 5.97 Å². The molecular formula is C11H13ClO6S. The van der Waals surface area contributed by atoms with Crippen LogP contribution in [0.15, 0.2) is 18.2 Å². The lowest BCUT2D eigenvalue weighted by molar-refractivity contribution is -0.145. The van der Waals surface area contributed by atoms with E-state index in [4.69, 9.17) is 20.9 Å². The molecule has 0 aliphatic rings. The average molecular weight is 309 g/mol. The lowest BCUT2D eigenvalue weighted by Gasteiger charge is -2.09. The summed E-state index contributed by atoms with van der Waals surface area (Å²) in [6, 6.07) is 4.91. The van der Waals surface area contributed by atoms with E-state index in [1.807, 2.05) is 0 Å². The van der Waals surface area contributed by atoms with Crippen molar-refractivity contribution in [3.63, 3.8) is 0 Å². The Labute approximate surface area is 116 Å². The third kappa shape index (κ3) is 6.42. The van der Waals surface area contributed by atoms with Crippen LogP contribution in [-0.4, -0.2) is 37.9 Å². The zero-order chi connectivity index (χ0) is 14.5. The van der Waals surface area contributed by atoms with Crippen molar-refractivity contribution in [3.8, 4) is 5.75 Å². The highest BCUT2D eigenvalue weighted by Gasteiger charge is 2.09. The Hall–Kier alpha value is -1.31. The van der Waals surface area contributed by atoms with Gasteiger partial charge in [0, 0.05) is 5.02 Å². The first-order valence-electron chi connectivity index (χ1n) is 5.27. The van der Waals surface area contributed by atoms with Crippen molar-refractivity contribution >= 4 is 27.7 Å². The van der Waals surface area contributed by atoms with Gasteiger partial charge in [-0.25, -0.2) is 4.79 Å². The molecule has 0 aromatic heterocycles. The number of rotatable bonds is 6. The van der Waals surface area contributed by atoms with Crippen LogP contribution in [0.1, 0.15) is 5.56 Å². The third-order valence-corrected chi connectivity index (χ3v) is 3.00. The van der Waals surface area contributed by atoms with Gasteiger partial charge in [0.2, 0.25) is 0 Å². The molecule has 0 fully saturated rings. The highest BCUT2D eigenvalue weighted by molar-refractivity contribution is 7.85. The first-order chi connectivity index (χ1) is 8.78. The summed E-state index contributed by atoms with van der Waals surface area (Å²) in [6.45, 7) is 0.999. The maximum Gasteiger partial charge on any atom is 0.344 e. The molecule has 0 unspecified atom stereocenters. The first kappa shape index (κ1) is 15.7. The van der Waals surface area contributed by atoms with Crippen molar-refractivity contribution < 1.29 is 27.2 Å². The number of hydrogen-bond donors (Lipinski definition) is 1. The van der Waals surface area contributed by atoms with Gasteiger partial charge in [0.15, 0.2) is 6.61 Å². The molecule has 0 saturated carbocycles. The Kier molecular flexibility index (Phi) is 5.59. The summed E-state index contributed by atoms with van der Waals surface area (Å²) in [6.07, 6.45) is 0. The van der Waals surface area contributed by atoms with E-state index in [9.17, 15) is 13.2 Å². The smallest absolute Gasteiger partial charge is 0.344 e. The fraction of sp³-hybridized carbons (Fsp3) is 0.364. The summed E-state index contributed by atoms with van der Waals surface area (Å²) < 4.78 is 39.0. The van der Waals surface area contributed by atoms with Crippen molar-refractivity contribution in [3.05, 3.63) is 28.8 Å². The Morgan fingerprint density at radius 3 is 2.68 bits per heavy atom. The molecule has 6 nitrogen and oxygen atoms in total. The molecule has 0 aliphatic heterocycles. The van der Waals surface area contributed by atoms with Crippen molar-refractivity contribution in [2.24, 2.45) is 0 Å². The zero-order valence-electron chi connectivity index (χ0n) is 10.1. The van der Waals surface area contributed by atoms with E-state index < -0.39 is 28.4 Å². The lowest BCUT2D eigenvalue weighted by atomic mass is 10.2. The van der Waals surface area contributed by atoms with Gasteiger partial charge in [-0.15, -0.1) is 0 Å². The largest absolute Gasteiger partial charge is 0.482 e. The van der Waals surface area contributed by atoms with E-state index in [1.165, 1.54) is 0 Å². The van der Waals surface area contributed by atoms with Gasteiger partial charge in [0.05, 0.1) is 0 Å². The number of aryl methyl sites for hydroxylation is 1. The normalized spacial score (nSPS) is 11.1. The van der Waals surface area contributed by atoms with Gasteiger partial charge < -0.3 is 9.47 Å². The molecule has 1 aromatic carbocycles. The quantitative estimate of drug-likeness (QED) is 0.632. The van der Waals surface area contributed by atoms with Crippen molar-refractivity contribution in [1.29, 1.82) is 0 Å². The molecule has 1 N–H and O–H groups in total. The van der Waals surface area contributed by atoms with Crippen LogP contribution in [0.5, 0.6) is 5.75 Å². The Morgan fingerprint density at radius 1 is 1.42 bits per heavy atom. The molecule has 0 aliphatic carbocycles. The molecule has 19 heavy (non-hydrogen) atoms. The highest BCUT2D eigenvalue weighted by Crippen LogP contribution is 2.21. The van der Waals surface area contributed by atoms with E-state index in [-0.39, 0.29) is 6.61 Å². The summed E-state index contributed by atoms with van der Waals surface area (Å²) in [4.78, 5) is 11.2. The Bertz CT molecular complexity index is 554. The van der Waals surface area contributed by atoms with E-state index in [0.29, 0.717) is 10.8 Å². The number of benzene rings is 1. The van der Waals surface area contributed by atoms with E-state index >= 15 is 0 Å². The van der Waals surface area contributed by atoms with Crippen molar-refractivity contribution in [2.75, 3.05) is 19.0 Å². The molecular weight excluding hydrogens is 296 g/mol. The standard InChI is InChI=1S/C11H13ClO6S/c1-8-6-9(12)2-3-10(8)18-7-11(13)17-4-5-19(14,15)16/h2-3,6H,4-5,7H2,1H3,(H,14,15,16). The number of ether oxygens (including phenoxy) is 2. The Morgan fingerprint density at radius 2 is 2.11 bits per heavy atom. The molecule has 0 bridgehead atoms. The number of carbonyl (C=O) groups is 1. The second kappa shape index (κ2) is 6.74. The molecule has 0 radical (unpaired) electrons. The maximum atomic E-state index is 11.2. The molecule has 1 aromatic rings. The average Bonchev–Trinajstić information content (AvgIpc) is 2.26. The van der Waals surface area contributed by atoms with Crippen LogP contribution in [-0.2, 0) is 19.6 Å². The minimum Gasteiger partial charge on any atom is -0.482 e. The van der Waals surface area contributed by atoms with Crippen LogP contribution >= 0.6 is 11.6 Å². The molecule has 0 atom stereocenters. The van der Waals surface area contributed by atoms with Crippen LogP contribution in [0.2, 0.25) is 5.02 Å². The number of carbonyl (C=O) groups excluding carboxylic acids is 1. The van der Waals surface area contributed by atoms with Crippen molar-refractivity contribution in [2.45, 2.75) is 6.92 Å². The van der Waals surface area contributed by atoms with Gasteiger partial charge in [-0.2, -0.15) is 8.42 Å². The van der Waals surface area contributed by atoms with Gasteiger partial charge in [-0.05, 0) is 30.7 Å². The summed E-state index contributed by atoms with van der Waals surface area (Å²) in [5.41, 5.74) is 0.762.